The number of likely N-dealkylation sites (N-methyl/N-ethyl adjacent to an activating group) is 1. The lowest BCUT2D eigenvalue weighted by Gasteiger charge is -2.23. The Hall–Kier alpha value is -2.12. The Morgan fingerprint density at radius 2 is 2.09 bits per heavy atom. The van der Waals surface area contributed by atoms with Gasteiger partial charge in [0.25, 0.3) is 5.91 Å². The summed E-state index contributed by atoms with van der Waals surface area (Å²) in [5, 5.41) is 8.73. The molecule has 1 aliphatic rings. The average molecular weight is 321 g/mol. The molecule has 1 aliphatic heterocycles. The second kappa shape index (κ2) is 9.12. The van der Waals surface area contributed by atoms with Crippen LogP contribution >= 0.6 is 0 Å². The summed E-state index contributed by atoms with van der Waals surface area (Å²) in [6.07, 6.45) is 0.370. The number of amides is 2. The largest absolute Gasteiger partial charge is 0.484 e. The molecule has 1 saturated heterocycles. The maximum atomic E-state index is 12.0. The van der Waals surface area contributed by atoms with Crippen molar-refractivity contribution in [1.29, 1.82) is 0 Å². The molecule has 1 aromatic carbocycles. The lowest BCUT2D eigenvalue weighted by atomic mass is 10.2. The molecular weight excluding hydrogens is 298 g/mol. The molecule has 0 saturated carbocycles. The number of carbonyl (C=O) groups is 2. The summed E-state index contributed by atoms with van der Waals surface area (Å²) in [5.74, 6) is 0.354. The lowest BCUT2D eigenvalue weighted by molar-refractivity contribution is -0.123. The lowest BCUT2D eigenvalue weighted by Crippen LogP contribution is -2.43. The van der Waals surface area contributed by atoms with Gasteiger partial charge in [-0.3, -0.25) is 9.59 Å². The molecule has 126 valence electrons. The van der Waals surface area contributed by atoms with E-state index in [1.165, 1.54) is 0 Å². The SMILES string of the molecule is CCNC(=O)COc1ccc(NC(=O)CC2COCCN2)cc1. The molecule has 2 amide bonds. The van der Waals surface area contributed by atoms with Gasteiger partial charge in [-0.15, -0.1) is 0 Å². The molecule has 0 aliphatic carbocycles. The third-order valence-electron chi connectivity index (χ3n) is 3.31. The highest BCUT2D eigenvalue weighted by molar-refractivity contribution is 5.91. The molecule has 7 nitrogen and oxygen atoms in total. The standard InChI is InChI=1S/C16H23N3O4/c1-2-17-16(21)11-23-14-5-3-12(4-6-14)19-15(20)9-13-10-22-8-7-18-13/h3-6,13,18H,2,7-11H2,1H3,(H,17,21)(H,19,20). The summed E-state index contributed by atoms with van der Waals surface area (Å²) < 4.78 is 10.7. The summed E-state index contributed by atoms with van der Waals surface area (Å²) in [5.41, 5.74) is 0.692. The van der Waals surface area contributed by atoms with Crippen LogP contribution in [-0.4, -0.2) is 50.8 Å². The first kappa shape index (κ1) is 17.2. The fourth-order valence-electron chi connectivity index (χ4n) is 2.22. The molecule has 7 heteroatoms. The van der Waals surface area contributed by atoms with Gasteiger partial charge >= 0.3 is 0 Å². The summed E-state index contributed by atoms with van der Waals surface area (Å²) in [7, 11) is 0. The van der Waals surface area contributed by atoms with Gasteiger partial charge < -0.3 is 25.4 Å². The third kappa shape index (κ3) is 6.25. The Morgan fingerprint density at radius 3 is 2.74 bits per heavy atom. The zero-order valence-electron chi connectivity index (χ0n) is 13.3. The topological polar surface area (TPSA) is 88.7 Å². The van der Waals surface area contributed by atoms with Crippen LogP contribution in [0.1, 0.15) is 13.3 Å². The van der Waals surface area contributed by atoms with Gasteiger partial charge in [-0.25, -0.2) is 0 Å². The zero-order chi connectivity index (χ0) is 16.5. The first-order valence-corrected chi connectivity index (χ1v) is 7.78. The fourth-order valence-corrected chi connectivity index (χ4v) is 2.22. The van der Waals surface area contributed by atoms with E-state index in [1.807, 2.05) is 6.92 Å². The maximum absolute atomic E-state index is 12.0. The van der Waals surface area contributed by atoms with Crippen LogP contribution in [0.4, 0.5) is 5.69 Å². The van der Waals surface area contributed by atoms with Gasteiger partial charge in [-0.2, -0.15) is 0 Å². The number of morpholine rings is 1. The molecule has 23 heavy (non-hydrogen) atoms. The quantitative estimate of drug-likeness (QED) is 0.681. The van der Waals surface area contributed by atoms with E-state index in [2.05, 4.69) is 16.0 Å². The molecule has 3 N–H and O–H groups in total. The summed E-state index contributed by atoms with van der Waals surface area (Å²) >= 11 is 0. The van der Waals surface area contributed by atoms with Gasteiger partial charge in [0.15, 0.2) is 6.61 Å². The van der Waals surface area contributed by atoms with Crippen molar-refractivity contribution >= 4 is 17.5 Å². The molecule has 0 radical (unpaired) electrons. The molecule has 1 atom stereocenters. The van der Waals surface area contributed by atoms with Crippen molar-refractivity contribution in [3.63, 3.8) is 0 Å². The van der Waals surface area contributed by atoms with Crippen LogP contribution in [0.5, 0.6) is 5.75 Å². The zero-order valence-corrected chi connectivity index (χ0v) is 13.3. The van der Waals surface area contributed by atoms with E-state index in [0.29, 0.717) is 37.6 Å². The van der Waals surface area contributed by atoms with Crippen molar-refractivity contribution in [2.24, 2.45) is 0 Å². The molecule has 1 heterocycles. The summed E-state index contributed by atoms with van der Waals surface area (Å²) in [6.45, 7) is 4.43. The molecule has 1 unspecified atom stereocenters. The predicted octanol–water partition coefficient (Wildman–Crippen LogP) is 0.519. The van der Waals surface area contributed by atoms with E-state index in [4.69, 9.17) is 9.47 Å². The van der Waals surface area contributed by atoms with Crippen LogP contribution in [0.2, 0.25) is 0 Å². The van der Waals surface area contributed by atoms with Crippen molar-refractivity contribution in [3.8, 4) is 5.75 Å². The van der Waals surface area contributed by atoms with Crippen LogP contribution in [-0.2, 0) is 14.3 Å². The Balaban J connectivity index is 1.75. The van der Waals surface area contributed by atoms with Crippen LogP contribution in [0, 0.1) is 0 Å². The Kier molecular flexibility index (Phi) is 6.83. The average Bonchev–Trinajstić information content (AvgIpc) is 2.55. The number of rotatable bonds is 7. The van der Waals surface area contributed by atoms with Crippen LogP contribution in [0.15, 0.2) is 24.3 Å². The fraction of sp³-hybridized carbons (Fsp3) is 0.500. The van der Waals surface area contributed by atoms with Gasteiger partial charge in [0.1, 0.15) is 5.75 Å². The molecule has 0 bridgehead atoms. The first-order valence-electron chi connectivity index (χ1n) is 7.78. The number of hydrogen-bond acceptors (Lipinski definition) is 5. The summed E-state index contributed by atoms with van der Waals surface area (Å²) in [4.78, 5) is 23.3. The van der Waals surface area contributed by atoms with E-state index in [-0.39, 0.29) is 24.5 Å². The van der Waals surface area contributed by atoms with E-state index in [1.54, 1.807) is 24.3 Å². The number of hydrogen-bond donors (Lipinski definition) is 3. The second-order valence-electron chi connectivity index (χ2n) is 5.24. The van der Waals surface area contributed by atoms with Crippen molar-refractivity contribution in [2.45, 2.75) is 19.4 Å². The number of ether oxygens (including phenoxy) is 2. The van der Waals surface area contributed by atoms with E-state index >= 15 is 0 Å². The highest BCUT2D eigenvalue weighted by atomic mass is 16.5. The van der Waals surface area contributed by atoms with Crippen LogP contribution in [0.3, 0.4) is 0 Å². The maximum Gasteiger partial charge on any atom is 0.257 e. The van der Waals surface area contributed by atoms with Crippen molar-refractivity contribution in [3.05, 3.63) is 24.3 Å². The van der Waals surface area contributed by atoms with Gasteiger partial charge in [0, 0.05) is 31.2 Å². The molecule has 1 fully saturated rings. The highest BCUT2D eigenvalue weighted by Gasteiger charge is 2.16. The number of benzene rings is 1. The summed E-state index contributed by atoms with van der Waals surface area (Å²) in [6, 6.07) is 6.99. The number of anilines is 1. The third-order valence-corrected chi connectivity index (χ3v) is 3.31. The minimum Gasteiger partial charge on any atom is -0.484 e. The van der Waals surface area contributed by atoms with E-state index in [9.17, 15) is 9.59 Å². The number of carbonyl (C=O) groups excluding carboxylic acids is 2. The van der Waals surface area contributed by atoms with Crippen molar-refractivity contribution < 1.29 is 19.1 Å². The molecule has 2 rings (SSSR count). The Bertz CT molecular complexity index is 513. The van der Waals surface area contributed by atoms with Gasteiger partial charge in [0.05, 0.1) is 13.2 Å². The Labute approximate surface area is 135 Å². The van der Waals surface area contributed by atoms with Gasteiger partial charge in [0.2, 0.25) is 5.91 Å². The Morgan fingerprint density at radius 1 is 1.30 bits per heavy atom. The molecule has 1 aromatic rings. The minimum atomic E-state index is -0.160. The normalized spacial score (nSPS) is 17.3. The first-order chi connectivity index (χ1) is 11.2. The van der Waals surface area contributed by atoms with Crippen LogP contribution < -0.4 is 20.7 Å². The van der Waals surface area contributed by atoms with Crippen LogP contribution in [0.25, 0.3) is 0 Å². The molecule has 0 spiro atoms. The monoisotopic (exact) mass is 321 g/mol. The second-order valence-corrected chi connectivity index (χ2v) is 5.24. The molecule has 0 aromatic heterocycles. The molecular formula is C16H23N3O4. The van der Waals surface area contributed by atoms with Crippen molar-refractivity contribution in [2.75, 3.05) is 38.2 Å². The van der Waals surface area contributed by atoms with Gasteiger partial charge in [-0.05, 0) is 31.2 Å². The van der Waals surface area contributed by atoms with E-state index in [0.717, 1.165) is 6.54 Å². The van der Waals surface area contributed by atoms with Crippen molar-refractivity contribution in [1.82, 2.24) is 10.6 Å². The highest BCUT2D eigenvalue weighted by Crippen LogP contribution is 2.16. The number of nitrogens with one attached hydrogen (secondary N) is 3. The predicted molar refractivity (Wildman–Crippen MR) is 86.5 cm³/mol. The van der Waals surface area contributed by atoms with E-state index < -0.39 is 0 Å². The smallest absolute Gasteiger partial charge is 0.257 e. The van der Waals surface area contributed by atoms with Gasteiger partial charge in [-0.1, -0.05) is 0 Å². The minimum absolute atomic E-state index is 0.0209.